The first kappa shape index (κ1) is 19.6. The molecule has 2 heterocycles. The smallest absolute Gasteiger partial charge is 0.247 e. The molecule has 1 fully saturated rings. The Balaban J connectivity index is 1.59. The van der Waals surface area contributed by atoms with E-state index in [1.807, 2.05) is 12.1 Å². The third-order valence-electron chi connectivity index (χ3n) is 4.29. The summed E-state index contributed by atoms with van der Waals surface area (Å²) in [6.07, 6.45) is 3.28. The van der Waals surface area contributed by atoms with Crippen molar-refractivity contribution in [2.24, 2.45) is 0 Å². The molecule has 0 unspecified atom stereocenters. The fourth-order valence-corrected chi connectivity index (χ4v) is 3.03. The van der Waals surface area contributed by atoms with Gasteiger partial charge < -0.3 is 20.3 Å². The molecule has 2 amide bonds. The number of amides is 2. The van der Waals surface area contributed by atoms with E-state index in [2.05, 4.69) is 27.2 Å². The number of carbonyl (C=O) groups is 2. The molecular weight excluding hydrogens is 382 g/mol. The number of rotatable bonds is 7. The SMILES string of the molecule is C=CC(=O)Nc1ccc(CN2CC[C@@H](Nc3ncc(Cl)c(OC)n3)C2=O)cc1. The van der Waals surface area contributed by atoms with Crippen molar-refractivity contribution >= 4 is 35.1 Å². The van der Waals surface area contributed by atoms with Gasteiger partial charge in [0.1, 0.15) is 11.1 Å². The van der Waals surface area contributed by atoms with Crippen molar-refractivity contribution in [3.63, 3.8) is 0 Å². The number of halogens is 1. The Kier molecular flexibility index (Phi) is 6.10. The summed E-state index contributed by atoms with van der Waals surface area (Å²) < 4.78 is 5.07. The van der Waals surface area contributed by atoms with Gasteiger partial charge in [0, 0.05) is 18.8 Å². The lowest BCUT2D eigenvalue weighted by atomic mass is 10.2. The van der Waals surface area contributed by atoms with Gasteiger partial charge in [-0.25, -0.2) is 4.98 Å². The van der Waals surface area contributed by atoms with Crippen LogP contribution < -0.4 is 15.4 Å². The number of carbonyl (C=O) groups excluding carboxylic acids is 2. The minimum absolute atomic E-state index is 0.0263. The Hall–Kier alpha value is -3.13. The first-order valence-corrected chi connectivity index (χ1v) is 9.02. The molecule has 2 aromatic rings. The highest BCUT2D eigenvalue weighted by molar-refractivity contribution is 6.31. The van der Waals surface area contributed by atoms with E-state index in [1.54, 1.807) is 17.0 Å². The van der Waals surface area contributed by atoms with E-state index < -0.39 is 6.04 Å². The number of methoxy groups -OCH3 is 1. The van der Waals surface area contributed by atoms with Crippen molar-refractivity contribution in [3.05, 3.63) is 53.7 Å². The van der Waals surface area contributed by atoms with Gasteiger partial charge in [-0.2, -0.15) is 4.98 Å². The van der Waals surface area contributed by atoms with Crippen LogP contribution in [0.5, 0.6) is 5.88 Å². The highest BCUT2D eigenvalue weighted by atomic mass is 35.5. The number of aromatic nitrogens is 2. The van der Waals surface area contributed by atoms with Crippen LogP contribution in [0, 0.1) is 0 Å². The van der Waals surface area contributed by atoms with Gasteiger partial charge in [0.05, 0.1) is 13.3 Å². The molecule has 9 heteroatoms. The zero-order valence-electron chi connectivity index (χ0n) is 15.3. The predicted octanol–water partition coefficient (Wildman–Crippen LogP) is 2.48. The minimum Gasteiger partial charge on any atom is -0.480 e. The Morgan fingerprint density at radius 3 is 2.86 bits per heavy atom. The van der Waals surface area contributed by atoms with Gasteiger partial charge in [0.15, 0.2) is 0 Å². The largest absolute Gasteiger partial charge is 0.480 e. The molecule has 0 spiro atoms. The number of hydrogen-bond donors (Lipinski definition) is 2. The quantitative estimate of drug-likeness (QED) is 0.692. The molecule has 1 aromatic carbocycles. The van der Waals surface area contributed by atoms with Crippen LogP contribution in [0.25, 0.3) is 0 Å². The molecule has 28 heavy (non-hydrogen) atoms. The maximum absolute atomic E-state index is 12.7. The van der Waals surface area contributed by atoms with E-state index in [-0.39, 0.29) is 17.7 Å². The molecule has 8 nitrogen and oxygen atoms in total. The first-order valence-electron chi connectivity index (χ1n) is 8.64. The van der Waals surface area contributed by atoms with E-state index in [0.29, 0.717) is 36.2 Å². The number of benzene rings is 1. The molecule has 0 radical (unpaired) electrons. The average molecular weight is 402 g/mol. The average Bonchev–Trinajstić information content (AvgIpc) is 3.04. The van der Waals surface area contributed by atoms with Crippen LogP contribution in [0.1, 0.15) is 12.0 Å². The summed E-state index contributed by atoms with van der Waals surface area (Å²) in [5, 5.41) is 6.03. The van der Waals surface area contributed by atoms with Crippen LogP contribution in [-0.2, 0) is 16.1 Å². The van der Waals surface area contributed by atoms with Crippen molar-refractivity contribution in [1.82, 2.24) is 14.9 Å². The van der Waals surface area contributed by atoms with E-state index >= 15 is 0 Å². The number of hydrogen-bond acceptors (Lipinski definition) is 6. The topological polar surface area (TPSA) is 96.5 Å². The molecule has 0 saturated carbocycles. The van der Waals surface area contributed by atoms with E-state index in [0.717, 1.165) is 5.56 Å². The highest BCUT2D eigenvalue weighted by Gasteiger charge is 2.32. The second-order valence-electron chi connectivity index (χ2n) is 6.19. The van der Waals surface area contributed by atoms with Gasteiger partial charge >= 0.3 is 0 Å². The van der Waals surface area contributed by atoms with Gasteiger partial charge in [0.2, 0.25) is 23.6 Å². The molecule has 146 valence electrons. The Morgan fingerprint density at radius 2 is 2.18 bits per heavy atom. The maximum atomic E-state index is 12.7. The van der Waals surface area contributed by atoms with Crippen LogP contribution >= 0.6 is 11.6 Å². The number of nitrogens with one attached hydrogen (secondary N) is 2. The fourth-order valence-electron chi connectivity index (χ4n) is 2.86. The summed E-state index contributed by atoms with van der Waals surface area (Å²) in [5.41, 5.74) is 1.64. The van der Waals surface area contributed by atoms with Gasteiger partial charge in [-0.05, 0) is 30.2 Å². The molecule has 0 aliphatic carbocycles. The van der Waals surface area contributed by atoms with Crippen LogP contribution in [0.3, 0.4) is 0 Å². The lowest BCUT2D eigenvalue weighted by Crippen LogP contribution is -2.33. The van der Waals surface area contributed by atoms with Gasteiger partial charge in [-0.15, -0.1) is 0 Å². The third-order valence-corrected chi connectivity index (χ3v) is 4.55. The lowest BCUT2D eigenvalue weighted by Gasteiger charge is -2.17. The fraction of sp³-hybridized carbons (Fsp3) is 0.263. The summed E-state index contributed by atoms with van der Waals surface area (Å²) in [6.45, 7) is 4.52. The highest BCUT2D eigenvalue weighted by Crippen LogP contribution is 2.23. The molecular formula is C19H20ClN5O3. The number of nitrogens with zero attached hydrogens (tertiary/aromatic N) is 3. The summed E-state index contributed by atoms with van der Waals surface area (Å²) in [6, 6.07) is 6.93. The van der Waals surface area contributed by atoms with Crippen LogP contribution in [0.2, 0.25) is 5.02 Å². The summed E-state index contributed by atoms with van der Waals surface area (Å²) in [4.78, 5) is 34.0. The third kappa shape index (κ3) is 4.58. The predicted molar refractivity (Wildman–Crippen MR) is 106 cm³/mol. The van der Waals surface area contributed by atoms with Gasteiger partial charge in [-0.1, -0.05) is 30.3 Å². The molecule has 2 N–H and O–H groups in total. The lowest BCUT2D eigenvalue weighted by molar-refractivity contribution is -0.128. The second-order valence-corrected chi connectivity index (χ2v) is 6.59. The Morgan fingerprint density at radius 1 is 1.43 bits per heavy atom. The molecule has 0 bridgehead atoms. The van der Waals surface area contributed by atoms with Crippen LogP contribution in [0.15, 0.2) is 43.1 Å². The standard InChI is InChI=1S/C19H20ClN5O3/c1-3-16(26)22-13-6-4-12(5-7-13)11-25-9-8-15(18(25)27)23-19-21-10-14(20)17(24-19)28-2/h3-7,10,15H,1,8-9,11H2,2H3,(H,22,26)(H,21,23,24)/t15-/m1/s1. The number of likely N-dealkylation sites (tertiary alicyclic amines) is 1. The first-order chi connectivity index (χ1) is 13.5. The molecule has 3 rings (SSSR count). The minimum atomic E-state index is -0.406. The Bertz CT molecular complexity index is 888. The van der Waals surface area contributed by atoms with Crippen molar-refractivity contribution in [2.75, 3.05) is 24.3 Å². The zero-order valence-corrected chi connectivity index (χ0v) is 16.1. The summed E-state index contributed by atoms with van der Waals surface area (Å²) >= 11 is 5.92. The Labute approximate surface area is 167 Å². The summed E-state index contributed by atoms with van der Waals surface area (Å²) in [7, 11) is 1.47. The van der Waals surface area contributed by atoms with Crippen molar-refractivity contribution in [2.45, 2.75) is 19.0 Å². The van der Waals surface area contributed by atoms with Crippen LogP contribution in [-0.4, -0.2) is 46.4 Å². The molecule has 1 aliphatic rings. The molecule has 1 aliphatic heterocycles. The van der Waals surface area contributed by atoms with Gasteiger partial charge in [0.25, 0.3) is 0 Å². The van der Waals surface area contributed by atoms with Crippen molar-refractivity contribution in [3.8, 4) is 5.88 Å². The second kappa shape index (κ2) is 8.71. The van der Waals surface area contributed by atoms with E-state index in [4.69, 9.17) is 16.3 Å². The molecule has 1 atom stereocenters. The van der Waals surface area contributed by atoms with E-state index in [1.165, 1.54) is 19.4 Å². The van der Waals surface area contributed by atoms with Gasteiger partial charge in [-0.3, -0.25) is 9.59 Å². The number of ether oxygens (including phenoxy) is 1. The molecule has 1 aromatic heterocycles. The number of anilines is 2. The van der Waals surface area contributed by atoms with Crippen molar-refractivity contribution in [1.29, 1.82) is 0 Å². The monoisotopic (exact) mass is 401 g/mol. The van der Waals surface area contributed by atoms with E-state index in [9.17, 15) is 9.59 Å². The maximum Gasteiger partial charge on any atom is 0.247 e. The zero-order chi connectivity index (χ0) is 20.1. The normalized spacial score (nSPS) is 16.0. The summed E-state index contributed by atoms with van der Waals surface area (Å²) in [5.74, 6) is 0.257. The van der Waals surface area contributed by atoms with Crippen LogP contribution in [0.4, 0.5) is 11.6 Å². The molecule has 1 saturated heterocycles. The van der Waals surface area contributed by atoms with Crippen molar-refractivity contribution < 1.29 is 14.3 Å².